The Hall–Kier alpha value is -3.33. The number of carbonyl (C=O) groups excluding carboxylic acids is 1. The quantitative estimate of drug-likeness (QED) is 0.455. The Kier molecular flexibility index (Phi) is 7.53. The second-order valence-corrected chi connectivity index (χ2v) is 7.19. The van der Waals surface area contributed by atoms with Crippen molar-refractivity contribution in [1.82, 2.24) is 9.78 Å². The van der Waals surface area contributed by atoms with E-state index >= 15 is 0 Å². The predicted molar refractivity (Wildman–Crippen MR) is 116 cm³/mol. The molecule has 1 amide bonds. The fourth-order valence-electron chi connectivity index (χ4n) is 2.93. The molecule has 10 heteroatoms. The molecular formula is C22H22ClF2N3O4. The van der Waals surface area contributed by atoms with Gasteiger partial charge in [-0.05, 0) is 62.2 Å². The molecule has 0 atom stereocenters. The van der Waals surface area contributed by atoms with Crippen molar-refractivity contribution >= 4 is 23.2 Å². The van der Waals surface area contributed by atoms with E-state index in [2.05, 4.69) is 15.2 Å². The van der Waals surface area contributed by atoms with Crippen LogP contribution in [0.4, 0.5) is 14.5 Å². The summed E-state index contributed by atoms with van der Waals surface area (Å²) < 4.78 is 42.0. The van der Waals surface area contributed by atoms with E-state index in [-0.39, 0.29) is 30.5 Å². The molecule has 3 rings (SSSR count). The zero-order valence-corrected chi connectivity index (χ0v) is 18.5. The van der Waals surface area contributed by atoms with Gasteiger partial charge >= 0.3 is 6.61 Å². The molecule has 3 aromatic rings. The van der Waals surface area contributed by atoms with E-state index in [0.717, 1.165) is 11.1 Å². The van der Waals surface area contributed by atoms with Gasteiger partial charge in [0.1, 0.15) is 5.75 Å². The highest BCUT2D eigenvalue weighted by molar-refractivity contribution is 6.32. The first-order valence-electron chi connectivity index (χ1n) is 9.72. The molecule has 0 unspecified atom stereocenters. The zero-order chi connectivity index (χ0) is 23.3. The number of nitrogens with one attached hydrogen (secondary N) is 1. The van der Waals surface area contributed by atoms with E-state index in [4.69, 9.17) is 21.1 Å². The Morgan fingerprint density at radius 3 is 2.50 bits per heavy atom. The van der Waals surface area contributed by atoms with Crippen molar-refractivity contribution in [3.05, 3.63) is 64.4 Å². The fourth-order valence-corrected chi connectivity index (χ4v) is 3.04. The monoisotopic (exact) mass is 465 g/mol. The van der Waals surface area contributed by atoms with Crippen LogP contribution in [-0.2, 0) is 6.73 Å². The molecule has 0 aliphatic carbocycles. The maximum atomic E-state index is 12.5. The van der Waals surface area contributed by atoms with Gasteiger partial charge in [0.2, 0.25) is 0 Å². The molecule has 170 valence electrons. The maximum Gasteiger partial charge on any atom is 0.387 e. The third-order valence-corrected chi connectivity index (χ3v) is 4.96. The Balaban J connectivity index is 1.65. The second kappa shape index (κ2) is 10.3. The first kappa shape index (κ1) is 23.3. The molecule has 0 aliphatic heterocycles. The van der Waals surface area contributed by atoms with Crippen molar-refractivity contribution in [1.29, 1.82) is 0 Å². The summed E-state index contributed by atoms with van der Waals surface area (Å²) >= 11 is 6.16. The number of ether oxygens (including phenoxy) is 3. The van der Waals surface area contributed by atoms with Gasteiger partial charge in [-0.2, -0.15) is 13.9 Å². The van der Waals surface area contributed by atoms with Crippen molar-refractivity contribution in [2.24, 2.45) is 0 Å². The maximum absolute atomic E-state index is 12.5. The smallest absolute Gasteiger partial charge is 0.387 e. The van der Waals surface area contributed by atoms with E-state index in [1.807, 2.05) is 26.0 Å². The molecule has 0 saturated carbocycles. The summed E-state index contributed by atoms with van der Waals surface area (Å²) in [6, 6.07) is 9.32. The molecule has 1 heterocycles. The van der Waals surface area contributed by atoms with Crippen LogP contribution in [0.3, 0.4) is 0 Å². The standard InChI is InChI=1S/C22H22ClF2N3O4/c1-4-30-19-11-15(5-6-18(19)32-22(24)25)26-21(29)17-7-8-28(27-17)12-31-16-9-13(2)20(23)14(3)10-16/h5-11,22H,4,12H2,1-3H3,(H,26,29). The van der Waals surface area contributed by atoms with Gasteiger partial charge in [-0.25, -0.2) is 4.68 Å². The van der Waals surface area contributed by atoms with E-state index in [9.17, 15) is 13.6 Å². The van der Waals surface area contributed by atoms with E-state index in [1.54, 1.807) is 13.1 Å². The minimum Gasteiger partial charge on any atom is -0.490 e. The summed E-state index contributed by atoms with van der Waals surface area (Å²) in [6.07, 6.45) is 1.61. The fraction of sp³-hybridized carbons (Fsp3) is 0.273. The van der Waals surface area contributed by atoms with Crippen LogP contribution in [0.1, 0.15) is 28.5 Å². The van der Waals surface area contributed by atoms with Gasteiger partial charge in [0, 0.05) is 23.0 Å². The van der Waals surface area contributed by atoms with Gasteiger partial charge in [-0.1, -0.05) is 11.6 Å². The highest BCUT2D eigenvalue weighted by Gasteiger charge is 2.15. The topological polar surface area (TPSA) is 74.6 Å². The number of nitrogens with zero attached hydrogens (tertiary/aromatic N) is 2. The lowest BCUT2D eigenvalue weighted by Crippen LogP contribution is -2.14. The number of benzene rings is 2. The summed E-state index contributed by atoms with van der Waals surface area (Å²) in [7, 11) is 0. The van der Waals surface area contributed by atoms with Crippen LogP contribution in [0.15, 0.2) is 42.6 Å². The van der Waals surface area contributed by atoms with Crippen molar-refractivity contribution in [3.8, 4) is 17.2 Å². The van der Waals surface area contributed by atoms with Gasteiger partial charge in [0.05, 0.1) is 6.61 Å². The van der Waals surface area contributed by atoms with Crippen molar-refractivity contribution in [2.75, 3.05) is 11.9 Å². The Morgan fingerprint density at radius 1 is 1.12 bits per heavy atom. The lowest BCUT2D eigenvalue weighted by molar-refractivity contribution is -0.0514. The molecule has 0 fully saturated rings. The normalized spacial score (nSPS) is 10.8. The number of halogens is 3. The molecule has 0 bridgehead atoms. The molecule has 32 heavy (non-hydrogen) atoms. The minimum atomic E-state index is -2.98. The summed E-state index contributed by atoms with van der Waals surface area (Å²) in [4.78, 5) is 12.5. The van der Waals surface area contributed by atoms with Gasteiger partial charge < -0.3 is 19.5 Å². The van der Waals surface area contributed by atoms with Crippen LogP contribution in [0.5, 0.6) is 17.2 Å². The summed E-state index contributed by atoms with van der Waals surface area (Å²) in [5.41, 5.74) is 2.30. The molecule has 0 aliphatic rings. The van der Waals surface area contributed by atoms with E-state index in [0.29, 0.717) is 16.5 Å². The van der Waals surface area contributed by atoms with Crippen molar-refractivity contribution < 1.29 is 27.8 Å². The molecule has 0 radical (unpaired) electrons. The molecule has 1 N–H and O–H groups in total. The zero-order valence-electron chi connectivity index (χ0n) is 17.7. The molecule has 2 aromatic carbocycles. The minimum absolute atomic E-state index is 0.0954. The average Bonchev–Trinajstić information content (AvgIpc) is 3.21. The molecule has 7 nitrogen and oxygen atoms in total. The van der Waals surface area contributed by atoms with Crippen molar-refractivity contribution in [3.63, 3.8) is 0 Å². The first-order chi connectivity index (χ1) is 15.3. The lowest BCUT2D eigenvalue weighted by Gasteiger charge is -2.13. The van der Waals surface area contributed by atoms with Crippen LogP contribution < -0.4 is 19.5 Å². The van der Waals surface area contributed by atoms with Gasteiger partial charge in [0.25, 0.3) is 5.91 Å². The SMILES string of the molecule is CCOc1cc(NC(=O)c2ccn(COc3cc(C)c(Cl)c(C)c3)n2)ccc1OC(F)F. The Morgan fingerprint density at radius 2 is 1.84 bits per heavy atom. The van der Waals surface area contributed by atoms with Gasteiger partial charge in [-0.15, -0.1) is 0 Å². The molecule has 0 saturated heterocycles. The van der Waals surface area contributed by atoms with Crippen LogP contribution >= 0.6 is 11.6 Å². The number of hydrogen-bond donors (Lipinski definition) is 1. The summed E-state index contributed by atoms with van der Waals surface area (Å²) in [5, 5.41) is 7.54. The number of aryl methyl sites for hydroxylation is 2. The third-order valence-electron chi connectivity index (χ3n) is 4.36. The van der Waals surface area contributed by atoms with Crippen LogP contribution in [0.25, 0.3) is 0 Å². The lowest BCUT2D eigenvalue weighted by atomic mass is 10.1. The Labute approximate surface area is 188 Å². The highest BCUT2D eigenvalue weighted by Crippen LogP contribution is 2.32. The predicted octanol–water partition coefficient (Wildman–Crippen LogP) is 5.44. The Bertz CT molecular complexity index is 1080. The second-order valence-electron chi connectivity index (χ2n) is 6.81. The summed E-state index contributed by atoms with van der Waals surface area (Å²) in [5.74, 6) is 0.138. The number of anilines is 1. The summed E-state index contributed by atoms with van der Waals surface area (Å²) in [6.45, 7) is 2.85. The molecular weight excluding hydrogens is 444 g/mol. The van der Waals surface area contributed by atoms with Crippen molar-refractivity contribution in [2.45, 2.75) is 34.1 Å². The number of amides is 1. The van der Waals surface area contributed by atoms with Crippen LogP contribution in [0, 0.1) is 13.8 Å². The van der Waals surface area contributed by atoms with Crippen LogP contribution in [0.2, 0.25) is 5.02 Å². The third kappa shape index (κ3) is 5.88. The number of hydrogen-bond acceptors (Lipinski definition) is 5. The number of rotatable bonds is 9. The highest BCUT2D eigenvalue weighted by atomic mass is 35.5. The number of aromatic nitrogens is 2. The molecule has 1 aromatic heterocycles. The molecule has 0 spiro atoms. The van der Waals surface area contributed by atoms with Gasteiger partial charge in [0.15, 0.2) is 23.9 Å². The van der Waals surface area contributed by atoms with E-state index < -0.39 is 12.5 Å². The average molecular weight is 466 g/mol. The van der Waals surface area contributed by atoms with Crippen LogP contribution in [-0.4, -0.2) is 28.9 Å². The van der Waals surface area contributed by atoms with E-state index in [1.165, 1.54) is 28.9 Å². The largest absolute Gasteiger partial charge is 0.490 e. The van der Waals surface area contributed by atoms with Gasteiger partial charge in [-0.3, -0.25) is 4.79 Å². The number of carbonyl (C=O) groups is 1. The number of alkyl halides is 2. The first-order valence-corrected chi connectivity index (χ1v) is 10.1.